The van der Waals surface area contributed by atoms with Crippen LogP contribution in [0.25, 0.3) is 0 Å². The number of allylic oxidation sites excluding steroid dienone is 1. The van der Waals surface area contributed by atoms with Gasteiger partial charge in [0.25, 0.3) is 5.91 Å². The summed E-state index contributed by atoms with van der Waals surface area (Å²) in [6.45, 7) is 8.89. The number of nitrogens with zero attached hydrogens (tertiary/aromatic N) is 4. The third-order valence-electron chi connectivity index (χ3n) is 5.32. The molecule has 5 nitrogen and oxygen atoms in total. The molecule has 3 heterocycles. The first-order valence-electron chi connectivity index (χ1n) is 10.2. The van der Waals surface area contributed by atoms with E-state index in [1.807, 2.05) is 23.2 Å². The molecule has 142 valence electrons. The lowest BCUT2D eigenvalue weighted by Crippen LogP contribution is -2.47. The molecule has 1 aromatic rings. The molecule has 0 unspecified atom stereocenters. The molecule has 0 bridgehead atoms. The lowest BCUT2D eigenvalue weighted by atomic mass is 10.1. The quantitative estimate of drug-likeness (QED) is 0.734. The number of hydrogen-bond donors (Lipinski definition) is 0. The third kappa shape index (κ3) is 4.85. The fourth-order valence-corrected chi connectivity index (χ4v) is 3.73. The van der Waals surface area contributed by atoms with Crippen LogP contribution in [-0.4, -0.2) is 66.5 Å². The number of unbranched alkanes of at least 4 members (excludes halogenated alkanes) is 1. The predicted molar refractivity (Wildman–Crippen MR) is 107 cm³/mol. The molecule has 0 aromatic carbocycles. The van der Waals surface area contributed by atoms with E-state index in [4.69, 9.17) is 0 Å². The van der Waals surface area contributed by atoms with Gasteiger partial charge >= 0.3 is 0 Å². The van der Waals surface area contributed by atoms with Crippen LogP contribution in [0.4, 0.5) is 5.82 Å². The molecule has 1 aromatic heterocycles. The number of aromatic nitrogens is 1. The van der Waals surface area contributed by atoms with Gasteiger partial charge in [0.05, 0.1) is 5.56 Å². The summed E-state index contributed by atoms with van der Waals surface area (Å²) in [5, 5.41) is 0. The molecule has 0 N–H and O–H groups in total. The smallest absolute Gasteiger partial charge is 0.257 e. The van der Waals surface area contributed by atoms with Gasteiger partial charge in [0.2, 0.25) is 0 Å². The number of likely N-dealkylation sites (tertiary alicyclic amines) is 1. The van der Waals surface area contributed by atoms with Crippen LogP contribution in [0.1, 0.15) is 49.4 Å². The molecular formula is C21H32N4O. The number of carbonyl (C=O) groups excluding carboxylic acids is 1. The highest BCUT2D eigenvalue weighted by atomic mass is 16.2. The first-order chi connectivity index (χ1) is 12.8. The van der Waals surface area contributed by atoms with Crippen molar-refractivity contribution in [3.63, 3.8) is 0 Å². The van der Waals surface area contributed by atoms with Gasteiger partial charge in [0.1, 0.15) is 5.82 Å². The fraction of sp³-hybridized carbons (Fsp3) is 0.619. The topological polar surface area (TPSA) is 39.7 Å². The molecule has 5 heteroatoms. The molecule has 2 saturated heterocycles. The maximum absolute atomic E-state index is 13.0. The van der Waals surface area contributed by atoms with Crippen LogP contribution in [0.2, 0.25) is 0 Å². The maximum Gasteiger partial charge on any atom is 0.257 e. The molecule has 2 aliphatic rings. The van der Waals surface area contributed by atoms with E-state index in [0.29, 0.717) is 0 Å². The lowest BCUT2D eigenvalue weighted by molar-refractivity contribution is 0.0724. The Morgan fingerprint density at radius 3 is 2.58 bits per heavy atom. The van der Waals surface area contributed by atoms with Crippen molar-refractivity contribution in [3.05, 3.63) is 36.0 Å². The van der Waals surface area contributed by atoms with Crippen LogP contribution in [0.5, 0.6) is 0 Å². The highest BCUT2D eigenvalue weighted by Crippen LogP contribution is 2.22. The van der Waals surface area contributed by atoms with Crippen molar-refractivity contribution < 1.29 is 4.79 Å². The minimum absolute atomic E-state index is 0.151. The van der Waals surface area contributed by atoms with Crippen molar-refractivity contribution in [1.29, 1.82) is 0 Å². The van der Waals surface area contributed by atoms with E-state index >= 15 is 0 Å². The van der Waals surface area contributed by atoms with Gasteiger partial charge in [-0.2, -0.15) is 0 Å². The Bertz CT molecular complexity index is 602. The zero-order valence-electron chi connectivity index (χ0n) is 16.1. The van der Waals surface area contributed by atoms with Crippen molar-refractivity contribution in [3.8, 4) is 0 Å². The fourth-order valence-electron chi connectivity index (χ4n) is 3.73. The van der Waals surface area contributed by atoms with Gasteiger partial charge in [-0.05, 0) is 37.8 Å². The number of rotatable bonds is 6. The van der Waals surface area contributed by atoms with Gasteiger partial charge in [-0.3, -0.25) is 9.69 Å². The normalized spacial score (nSPS) is 19.3. The molecule has 2 aliphatic heterocycles. The molecule has 0 atom stereocenters. The Labute approximate surface area is 157 Å². The van der Waals surface area contributed by atoms with Crippen LogP contribution >= 0.6 is 0 Å². The highest BCUT2D eigenvalue weighted by Gasteiger charge is 2.25. The van der Waals surface area contributed by atoms with Crippen LogP contribution in [0, 0.1) is 0 Å². The van der Waals surface area contributed by atoms with Crippen molar-refractivity contribution in [2.75, 3.05) is 50.7 Å². The summed E-state index contributed by atoms with van der Waals surface area (Å²) in [6, 6.07) is 3.83. The number of amides is 1. The first-order valence-corrected chi connectivity index (χ1v) is 10.2. The van der Waals surface area contributed by atoms with Crippen LogP contribution in [-0.2, 0) is 0 Å². The van der Waals surface area contributed by atoms with Crippen LogP contribution in [0.15, 0.2) is 30.5 Å². The summed E-state index contributed by atoms with van der Waals surface area (Å²) >= 11 is 0. The molecule has 0 saturated carbocycles. The number of carbonyl (C=O) groups is 1. The zero-order chi connectivity index (χ0) is 18.2. The van der Waals surface area contributed by atoms with E-state index in [1.54, 1.807) is 0 Å². The SMILES string of the molecule is CCCC=CCN1CCN(c2ncccc2C(=O)N2CCCCC2)CC1. The summed E-state index contributed by atoms with van der Waals surface area (Å²) in [5.41, 5.74) is 0.769. The van der Waals surface area contributed by atoms with Gasteiger partial charge < -0.3 is 9.80 Å². The Morgan fingerprint density at radius 2 is 1.85 bits per heavy atom. The summed E-state index contributed by atoms with van der Waals surface area (Å²) in [5.74, 6) is 1.02. The molecular weight excluding hydrogens is 324 g/mol. The molecule has 0 radical (unpaired) electrons. The average molecular weight is 357 g/mol. The standard InChI is InChI=1S/C21H32N4O/c1-2-3-4-6-12-23-15-17-24(18-16-23)20-19(10-9-11-22-20)21(26)25-13-7-5-8-14-25/h4,6,9-11H,2-3,5,7-8,12-18H2,1H3. The van der Waals surface area contributed by atoms with E-state index in [0.717, 1.165) is 76.5 Å². The van der Waals surface area contributed by atoms with Gasteiger partial charge in [-0.15, -0.1) is 0 Å². The van der Waals surface area contributed by atoms with Gasteiger partial charge in [0, 0.05) is 52.0 Å². The lowest BCUT2D eigenvalue weighted by Gasteiger charge is -2.36. The third-order valence-corrected chi connectivity index (χ3v) is 5.32. The summed E-state index contributed by atoms with van der Waals surface area (Å²) < 4.78 is 0. The van der Waals surface area contributed by atoms with Crippen molar-refractivity contribution in [1.82, 2.24) is 14.8 Å². The first kappa shape index (κ1) is 18.9. The molecule has 1 amide bonds. The van der Waals surface area contributed by atoms with Gasteiger partial charge in [-0.25, -0.2) is 4.98 Å². The van der Waals surface area contributed by atoms with E-state index in [-0.39, 0.29) is 5.91 Å². The second-order valence-corrected chi connectivity index (χ2v) is 7.28. The van der Waals surface area contributed by atoms with Gasteiger partial charge in [-0.1, -0.05) is 25.5 Å². The van der Waals surface area contributed by atoms with E-state index in [9.17, 15) is 4.79 Å². The molecule has 0 aliphatic carbocycles. The zero-order valence-corrected chi connectivity index (χ0v) is 16.1. The van der Waals surface area contributed by atoms with Crippen LogP contribution < -0.4 is 4.90 Å². The monoisotopic (exact) mass is 356 g/mol. The molecule has 3 rings (SSSR count). The number of piperidine rings is 1. The number of pyridine rings is 1. The predicted octanol–water partition coefficient (Wildman–Crippen LogP) is 3.19. The second-order valence-electron chi connectivity index (χ2n) is 7.28. The Morgan fingerprint density at radius 1 is 1.08 bits per heavy atom. The summed E-state index contributed by atoms with van der Waals surface area (Å²) in [6.07, 6.45) is 12.2. The largest absolute Gasteiger partial charge is 0.353 e. The van der Waals surface area contributed by atoms with Crippen molar-refractivity contribution in [2.24, 2.45) is 0 Å². The minimum atomic E-state index is 0.151. The second kappa shape index (κ2) is 9.72. The molecule has 2 fully saturated rings. The Balaban J connectivity index is 1.61. The minimum Gasteiger partial charge on any atom is -0.353 e. The maximum atomic E-state index is 13.0. The van der Waals surface area contributed by atoms with Crippen molar-refractivity contribution >= 4 is 11.7 Å². The van der Waals surface area contributed by atoms with E-state index < -0.39 is 0 Å². The Hall–Kier alpha value is -1.88. The number of piperazine rings is 1. The van der Waals surface area contributed by atoms with Crippen molar-refractivity contribution in [2.45, 2.75) is 39.0 Å². The van der Waals surface area contributed by atoms with E-state index in [1.165, 1.54) is 12.8 Å². The molecule has 26 heavy (non-hydrogen) atoms. The van der Waals surface area contributed by atoms with E-state index in [2.05, 4.69) is 33.9 Å². The Kier molecular flexibility index (Phi) is 7.06. The van der Waals surface area contributed by atoms with Crippen LogP contribution in [0.3, 0.4) is 0 Å². The molecule has 0 spiro atoms. The highest BCUT2D eigenvalue weighted by molar-refractivity contribution is 5.99. The summed E-state index contributed by atoms with van der Waals surface area (Å²) in [7, 11) is 0. The van der Waals surface area contributed by atoms with Gasteiger partial charge in [0.15, 0.2) is 0 Å². The average Bonchev–Trinajstić information content (AvgIpc) is 2.72. The summed E-state index contributed by atoms with van der Waals surface area (Å²) in [4.78, 5) is 24.3. The number of anilines is 1. The number of hydrogen-bond acceptors (Lipinski definition) is 4.